The van der Waals surface area contributed by atoms with Gasteiger partial charge in [0.05, 0.1) is 0 Å². The third kappa shape index (κ3) is 4.79. The predicted octanol–water partition coefficient (Wildman–Crippen LogP) is 1.95. The number of likely N-dealkylation sites (N-methyl/N-ethyl adjacent to an activating group) is 1. The number of hydrogen-bond donors (Lipinski definition) is 0. The number of nitrogens with zero attached hydrogens (tertiary/aromatic N) is 2. The Kier molecular flexibility index (Phi) is 5.70. The molecule has 0 amide bonds. The largest absolute Gasteiger partial charge is 0.439 e. The van der Waals surface area contributed by atoms with Crippen LogP contribution in [0.5, 0.6) is 0 Å². The van der Waals surface area contributed by atoms with Gasteiger partial charge in [-0.25, -0.2) is 5.01 Å². The Morgan fingerprint density at radius 1 is 1.35 bits per heavy atom. The first-order valence-electron chi connectivity index (χ1n) is 7.47. The van der Waals surface area contributed by atoms with Gasteiger partial charge >= 0.3 is 7.48 Å². The second kappa shape index (κ2) is 6.50. The van der Waals surface area contributed by atoms with Crippen molar-refractivity contribution in [1.82, 2.24) is 10.0 Å². The van der Waals surface area contributed by atoms with E-state index in [1.54, 1.807) is 0 Å². The quantitative estimate of drug-likeness (QED) is 0.529. The first-order chi connectivity index (χ1) is 9.03. The van der Waals surface area contributed by atoms with Crippen LogP contribution in [0.25, 0.3) is 0 Å². The molecule has 0 bridgehead atoms. The van der Waals surface area contributed by atoms with Crippen molar-refractivity contribution < 1.29 is 9.76 Å². The van der Waals surface area contributed by atoms with Gasteiger partial charge in [-0.15, -0.1) is 0 Å². The van der Waals surface area contributed by atoms with Crippen LogP contribution in [0.4, 0.5) is 0 Å². The first-order valence-corrected chi connectivity index (χ1v) is 7.47. The molecule has 115 valence electrons. The van der Waals surface area contributed by atoms with Gasteiger partial charge in [-0.1, -0.05) is 13.8 Å². The molecule has 0 atom stereocenters. The molecule has 0 fully saturated rings. The van der Waals surface area contributed by atoms with Crippen molar-refractivity contribution in [3.05, 3.63) is 11.7 Å². The maximum Gasteiger partial charge on any atom is 0.329 e. The molecule has 20 heavy (non-hydrogen) atoms. The molecule has 0 spiro atoms. The topological polar surface area (TPSA) is 38.6 Å². The van der Waals surface area contributed by atoms with Crippen LogP contribution in [0.1, 0.15) is 48.0 Å². The lowest BCUT2D eigenvalue weighted by molar-refractivity contribution is -0.0897. The molecule has 2 N–H and O–H groups in total. The number of rotatable bonds is 7. The normalized spacial score (nSPS) is 17.9. The molecule has 0 saturated carbocycles. The van der Waals surface area contributed by atoms with E-state index < -0.39 is 11.2 Å². The molecule has 1 aliphatic rings. The fourth-order valence-electron chi connectivity index (χ4n) is 1.75. The summed E-state index contributed by atoms with van der Waals surface area (Å²) in [5.41, 5.74) is 0.0255. The van der Waals surface area contributed by atoms with E-state index in [2.05, 4.69) is 37.1 Å². The summed E-state index contributed by atoms with van der Waals surface area (Å²) in [6.07, 6.45) is 3.33. The van der Waals surface area contributed by atoms with Gasteiger partial charge in [0, 0.05) is 40.2 Å². The van der Waals surface area contributed by atoms with E-state index in [-0.39, 0.29) is 0 Å². The fourth-order valence-corrected chi connectivity index (χ4v) is 1.75. The Hall–Kier alpha value is -0.515. The van der Waals surface area contributed by atoms with Crippen molar-refractivity contribution >= 4 is 7.48 Å². The Balaban J connectivity index is 2.51. The molecule has 1 aliphatic heterocycles. The zero-order valence-electron chi connectivity index (χ0n) is 14.2. The lowest BCUT2D eigenvalue weighted by Gasteiger charge is -2.33. The summed E-state index contributed by atoms with van der Waals surface area (Å²) in [6.45, 7) is 14.1. The van der Waals surface area contributed by atoms with Crippen LogP contribution in [0, 0.1) is 5.92 Å². The van der Waals surface area contributed by atoms with Crippen LogP contribution >= 0.6 is 0 Å². The van der Waals surface area contributed by atoms with Crippen LogP contribution < -0.4 is 0 Å². The second-order valence-corrected chi connectivity index (χ2v) is 7.24. The van der Waals surface area contributed by atoms with Gasteiger partial charge < -0.3 is 14.8 Å². The van der Waals surface area contributed by atoms with E-state index in [1.165, 1.54) is 6.42 Å². The minimum Gasteiger partial charge on any atom is -0.439 e. The lowest BCUT2D eigenvalue weighted by Crippen LogP contribution is -2.48. The molecular formula is C15H31BN2O2+. The highest BCUT2D eigenvalue weighted by Crippen LogP contribution is 2.25. The van der Waals surface area contributed by atoms with Crippen molar-refractivity contribution in [2.75, 3.05) is 20.1 Å². The molecule has 0 aromatic carbocycles. The molecule has 1 rings (SSSR count). The Morgan fingerprint density at radius 2 is 1.95 bits per heavy atom. The average Bonchev–Trinajstić information content (AvgIpc) is 2.63. The zero-order chi connectivity index (χ0) is 15.6. The van der Waals surface area contributed by atoms with E-state index in [1.807, 2.05) is 35.2 Å². The highest BCUT2D eigenvalue weighted by Gasteiger charge is 2.41. The van der Waals surface area contributed by atoms with Gasteiger partial charge in [0.1, 0.15) is 5.60 Å². The molecule has 0 aliphatic carbocycles. The van der Waals surface area contributed by atoms with Crippen molar-refractivity contribution in [2.24, 2.45) is 5.92 Å². The van der Waals surface area contributed by atoms with Gasteiger partial charge in [0.2, 0.25) is 0 Å². The van der Waals surface area contributed by atoms with Gasteiger partial charge in [-0.05, 0) is 31.7 Å². The maximum absolute atomic E-state index is 8.12. The minimum atomic E-state index is -0.633. The highest BCUT2D eigenvalue weighted by atomic mass is 16.5. The SMILES string of the molecule is CC(C)CCN1C=C([B]OC(C)(C)C(C)(C)[OH2+])CN1C. The zero-order valence-corrected chi connectivity index (χ0v) is 14.2. The van der Waals surface area contributed by atoms with E-state index in [0.29, 0.717) is 5.92 Å². The van der Waals surface area contributed by atoms with Gasteiger partial charge in [0.15, 0.2) is 5.60 Å². The van der Waals surface area contributed by atoms with Crippen molar-refractivity contribution in [1.29, 1.82) is 0 Å². The van der Waals surface area contributed by atoms with Gasteiger partial charge in [-0.3, -0.25) is 0 Å². The molecule has 4 nitrogen and oxygen atoms in total. The summed E-state index contributed by atoms with van der Waals surface area (Å²) in [5, 5.41) is 12.6. The van der Waals surface area contributed by atoms with E-state index in [0.717, 1.165) is 18.6 Å². The molecule has 0 unspecified atom stereocenters. The Bertz CT molecular complexity index is 348. The summed E-state index contributed by atoms with van der Waals surface area (Å²) in [6, 6.07) is 0. The van der Waals surface area contributed by atoms with Crippen LogP contribution in [0.2, 0.25) is 0 Å². The standard InChI is InChI=1S/C15H30BN2O2/c1-12(2)8-9-18-11-13(10-17(18)7)16-20-15(5,6)14(3,4)19/h11-12,19H,8-10H2,1-7H3/p+1. The highest BCUT2D eigenvalue weighted by molar-refractivity contribution is 6.38. The average molecular weight is 282 g/mol. The van der Waals surface area contributed by atoms with E-state index in [4.69, 9.17) is 9.76 Å². The van der Waals surface area contributed by atoms with Crippen molar-refractivity contribution in [3.63, 3.8) is 0 Å². The summed E-state index contributed by atoms with van der Waals surface area (Å²) in [7, 11) is 3.92. The number of hydrogen-bond acceptors (Lipinski definition) is 3. The van der Waals surface area contributed by atoms with Crippen molar-refractivity contribution in [3.8, 4) is 0 Å². The van der Waals surface area contributed by atoms with Crippen LogP contribution in [-0.2, 0) is 4.65 Å². The Labute approximate surface area is 125 Å². The molecule has 0 aromatic heterocycles. The van der Waals surface area contributed by atoms with Crippen LogP contribution in [0.15, 0.2) is 11.7 Å². The fraction of sp³-hybridized carbons (Fsp3) is 0.867. The summed E-state index contributed by atoms with van der Waals surface area (Å²) >= 11 is 0. The molecule has 1 heterocycles. The van der Waals surface area contributed by atoms with E-state index >= 15 is 0 Å². The van der Waals surface area contributed by atoms with E-state index in [9.17, 15) is 0 Å². The first kappa shape index (κ1) is 17.5. The maximum atomic E-state index is 8.12. The molecule has 5 heteroatoms. The predicted molar refractivity (Wildman–Crippen MR) is 85.5 cm³/mol. The summed E-state index contributed by atoms with van der Waals surface area (Å²) in [5.74, 6) is 0.712. The molecule has 0 aromatic rings. The Morgan fingerprint density at radius 3 is 2.45 bits per heavy atom. The summed E-state index contributed by atoms with van der Waals surface area (Å²) < 4.78 is 5.87. The van der Waals surface area contributed by atoms with Gasteiger partial charge in [0.25, 0.3) is 0 Å². The van der Waals surface area contributed by atoms with Crippen molar-refractivity contribution in [2.45, 2.75) is 59.2 Å². The smallest absolute Gasteiger partial charge is 0.329 e. The van der Waals surface area contributed by atoms with Crippen LogP contribution in [-0.4, -0.2) is 53.9 Å². The summed E-state index contributed by atoms with van der Waals surface area (Å²) in [4.78, 5) is 0. The van der Waals surface area contributed by atoms with Crippen LogP contribution in [0.3, 0.4) is 0 Å². The molecule has 1 radical (unpaired) electrons. The lowest BCUT2D eigenvalue weighted by atomic mass is 9.82. The molecule has 0 saturated heterocycles. The third-order valence-corrected chi connectivity index (χ3v) is 4.11. The second-order valence-electron chi connectivity index (χ2n) is 7.24. The molecular weight excluding hydrogens is 251 g/mol. The number of hydrazine groups is 1. The minimum absolute atomic E-state index is 0.502. The monoisotopic (exact) mass is 282 g/mol. The third-order valence-electron chi connectivity index (χ3n) is 4.11. The van der Waals surface area contributed by atoms with Gasteiger partial charge in [-0.2, -0.15) is 0 Å².